The largest absolute Gasteiger partial charge is 0.364 e. The van der Waals surface area contributed by atoms with Crippen LogP contribution in [0.3, 0.4) is 0 Å². The Kier molecular flexibility index (Phi) is 1.40. The van der Waals surface area contributed by atoms with Crippen molar-refractivity contribution in [3.8, 4) is 0 Å². The first-order valence-corrected chi connectivity index (χ1v) is 2.68. The zero-order valence-electron chi connectivity index (χ0n) is 5.22. The molecule has 0 aromatic carbocycles. The van der Waals surface area contributed by atoms with E-state index in [0.29, 0.717) is 5.70 Å². The molecule has 4 heteroatoms. The maximum atomic E-state index is 10.4. The van der Waals surface area contributed by atoms with E-state index in [4.69, 9.17) is 5.73 Å². The maximum absolute atomic E-state index is 10.4. The number of rotatable bonds is 1. The molecule has 0 bridgehead atoms. The Balaban J connectivity index is 2.55. The van der Waals surface area contributed by atoms with Crippen molar-refractivity contribution in [2.24, 2.45) is 5.73 Å². The summed E-state index contributed by atoms with van der Waals surface area (Å²) >= 11 is 0. The zero-order chi connectivity index (χ0) is 6.85. The molecular formula is C5H9N3O. The number of hydrogen-bond acceptors (Lipinski definition) is 3. The van der Waals surface area contributed by atoms with Crippen molar-refractivity contribution in [1.29, 1.82) is 0 Å². The van der Waals surface area contributed by atoms with Gasteiger partial charge in [-0.3, -0.25) is 4.79 Å². The fraction of sp³-hybridized carbons (Fsp3) is 0.400. The van der Waals surface area contributed by atoms with E-state index in [2.05, 4.69) is 5.43 Å². The number of nitrogens with one attached hydrogen (secondary N) is 1. The number of nitrogens with zero attached hydrogens (tertiary/aromatic N) is 1. The highest BCUT2D eigenvalue weighted by Gasteiger charge is 2.11. The van der Waals surface area contributed by atoms with Crippen molar-refractivity contribution in [2.75, 3.05) is 13.6 Å². The van der Waals surface area contributed by atoms with Gasteiger partial charge in [-0.05, 0) is 6.08 Å². The van der Waals surface area contributed by atoms with Crippen LogP contribution in [-0.2, 0) is 4.79 Å². The average molecular weight is 127 g/mol. The number of amides is 1. The lowest BCUT2D eigenvalue weighted by Gasteiger charge is -2.08. The highest BCUT2D eigenvalue weighted by molar-refractivity contribution is 5.91. The highest BCUT2D eigenvalue weighted by Crippen LogP contribution is 1.97. The van der Waals surface area contributed by atoms with Gasteiger partial charge in [0.25, 0.3) is 5.91 Å². The van der Waals surface area contributed by atoms with E-state index in [9.17, 15) is 4.79 Å². The van der Waals surface area contributed by atoms with E-state index in [0.717, 1.165) is 6.54 Å². The topological polar surface area (TPSA) is 58.4 Å². The molecular weight excluding hydrogens is 118 g/mol. The monoisotopic (exact) mass is 127 g/mol. The first-order chi connectivity index (χ1) is 4.20. The summed E-state index contributed by atoms with van der Waals surface area (Å²) in [5, 5.41) is 1.78. The predicted octanol–water partition coefficient (Wildman–Crippen LogP) is -1.19. The minimum atomic E-state index is -0.403. The summed E-state index contributed by atoms with van der Waals surface area (Å²) in [5.74, 6) is -0.403. The maximum Gasteiger partial charge on any atom is 0.265 e. The van der Waals surface area contributed by atoms with Crippen molar-refractivity contribution >= 4 is 5.91 Å². The standard InChI is InChI=1S/C5H9N3O/c1-8-3-2-4(7-8)5(6)9/h2,7H,3H2,1H3,(H2,6,9). The lowest BCUT2D eigenvalue weighted by atomic mass is 10.4. The Morgan fingerprint density at radius 3 is 2.89 bits per heavy atom. The molecule has 1 rings (SSSR count). The Morgan fingerprint density at radius 1 is 2.00 bits per heavy atom. The van der Waals surface area contributed by atoms with E-state index < -0.39 is 5.91 Å². The number of carbonyl (C=O) groups is 1. The van der Waals surface area contributed by atoms with Gasteiger partial charge in [0, 0.05) is 13.6 Å². The van der Waals surface area contributed by atoms with Gasteiger partial charge < -0.3 is 11.2 Å². The Bertz CT molecular complexity index is 164. The summed E-state index contributed by atoms with van der Waals surface area (Å²) in [4.78, 5) is 10.4. The predicted molar refractivity (Wildman–Crippen MR) is 33.0 cm³/mol. The van der Waals surface area contributed by atoms with Gasteiger partial charge in [-0.1, -0.05) is 0 Å². The number of nitrogens with two attached hydrogens (primary N) is 1. The Morgan fingerprint density at radius 2 is 2.67 bits per heavy atom. The van der Waals surface area contributed by atoms with Crippen molar-refractivity contribution in [3.63, 3.8) is 0 Å². The molecule has 0 spiro atoms. The first-order valence-electron chi connectivity index (χ1n) is 2.68. The third kappa shape index (κ3) is 1.20. The van der Waals surface area contributed by atoms with Gasteiger partial charge in [0.15, 0.2) is 0 Å². The van der Waals surface area contributed by atoms with Crippen LogP contribution >= 0.6 is 0 Å². The number of hydrogen-bond donors (Lipinski definition) is 2. The molecule has 0 fully saturated rings. The molecule has 50 valence electrons. The SMILES string of the molecule is CN1CC=C(C(N)=O)N1. The van der Waals surface area contributed by atoms with E-state index in [1.165, 1.54) is 0 Å². The molecule has 4 nitrogen and oxygen atoms in total. The highest BCUT2D eigenvalue weighted by atomic mass is 16.1. The van der Waals surface area contributed by atoms with Gasteiger partial charge in [-0.15, -0.1) is 0 Å². The number of carbonyl (C=O) groups excluding carboxylic acids is 1. The third-order valence-electron chi connectivity index (χ3n) is 1.15. The molecule has 0 aliphatic carbocycles. The molecule has 0 radical (unpaired) electrons. The van der Waals surface area contributed by atoms with Crippen LogP contribution in [0.5, 0.6) is 0 Å². The van der Waals surface area contributed by atoms with Crippen LogP contribution < -0.4 is 11.2 Å². The number of likely N-dealkylation sites (N-methyl/N-ethyl adjacent to an activating group) is 1. The fourth-order valence-corrected chi connectivity index (χ4v) is 0.681. The third-order valence-corrected chi connectivity index (χ3v) is 1.15. The van der Waals surface area contributed by atoms with Crippen LogP contribution in [0.15, 0.2) is 11.8 Å². The zero-order valence-corrected chi connectivity index (χ0v) is 5.22. The van der Waals surface area contributed by atoms with Gasteiger partial charge in [0.05, 0.1) is 0 Å². The van der Waals surface area contributed by atoms with E-state index in [1.54, 1.807) is 11.1 Å². The molecule has 0 saturated carbocycles. The minimum absolute atomic E-state index is 0.403. The normalized spacial score (nSPS) is 19.0. The van der Waals surface area contributed by atoms with Crippen LogP contribution in [0.4, 0.5) is 0 Å². The summed E-state index contributed by atoms with van der Waals surface area (Å²) in [6, 6.07) is 0. The van der Waals surface area contributed by atoms with Crippen molar-refractivity contribution < 1.29 is 4.79 Å². The van der Waals surface area contributed by atoms with Crippen LogP contribution in [0.2, 0.25) is 0 Å². The summed E-state index contributed by atoms with van der Waals surface area (Å²) in [6.07, 6.45) is 1.75. The summed E-state index contributed by atoms with van der Waals surface area (Å²) in [6.45, 7) is 0.734. The van der Waals surface area contributed by atoms with E-state index in [1.807, 2.05) is 7.05 Å². The molecule has 1 aliphatic rings. The second-order valence-corrected chi connectivity index (χ2v) is 1.97. The summed E-state index contributed by atoms with van der Waals surface area (Å²) in [5.41, 5.74) is 8.22. The first kappa shape index (κ1) is 6.10. The van der Waals surface area contributed by atoms with Crippen LogP contribution in [0, 0.1) is 0 Å². The van der Waals surface area contributed by atoms with Gasteiger partial charge in [-0.25, -0.2) is 5.01 Å². The number of primary amides is 1. The van der Waals surface area contributed by atoms with Gasteiger partial charge in [-0.2, -0.15) is 0 Å². The molecule has 1 aliphatic heterocycles. The quantitative estimate of drug-likeness (QED) is 0.465. The molecule has 1 heterocycles. The molecule has 0 saturated heterocycles. The summed E-state index contributed by atoms with van der Waals surface area (Å²) in [7, 11) is 1.84. The molecule has 0 aromatic rings. The number of hydrazine groups is 1. The molecule has 1 amide bonds. The van der Waals surface area contributed by atoms with Gasteiger partial charge in [0.2, 0.25) is 0 Å². The van der Waals surface area contributed by atoms with Gasteiger partial charge in [0.1, 0.15) is 5.70 Å². The van der Waals surface area contributed by atoms with Crippen LogP contribution in [0.25, 0.3) is 0 Å². The van der Waals surface area contributed by atoms with Crippen molar-refractivity contribution in [3.05, 3.63) is 11.8 Å². The Hall–Kier alpha value is -1.03. The van der Waals surface area contributed by atoms with Gasteiger partial charge >= 0.3 is 0 Å². The summed E-state index contributed by atoms with van der Waals surface area (Å²) < 4.78 is 0. The van der Waals surface area contributed by atoms with Crippen molar-refractivity contribution in [2.45, 2.75) is 0 Å². The average Bonchev–Trinajstić information content (AvgIpc) is 2.14. The molecule has 0 atom stereocenters. The fourth-order valence-electron chi connectivity index (χ4n) is 0.681. The smallest absolute Gasteiger partial charge is 0.265 e. The van der Waals surface area contributed by atoms with E-state index >= 15 is 0 Å². The van der Waals surface area contributed by atoms with Crippen LogP contribution in [0.1, 0.15) is 0 Å². The van der Waals surface area contributed by atoms with E-state index in [-0.39, 0.29) is 0 Å². The van der Waals surface area contributed by atoms with Crippen molar-refractivity contribution in [1.82, 2.24) is 10.4 Å². The Labute approximate surface area is 53.3 Å². The minimum Gasteiger partial charge on any atom is -0.364 e. The van der Waals surface area contributed by atoms with Crippen LogP contribution in [-0.4, -0.2) is 24.5 Å². The second-order valence-electron chi connectivity index (χ2n) is 1.97. The second kappa shape index (κ2) is 2.06. The molecule has 9 heavy (non-hydrogen) atoms. The lowest BCUT2D eigenvalue weighted by molar-refractivity contribution is -0.115. The molecule has 3 N–H and O–H groups in total. The molecule has 0 aromatic heterocycles. The lowest BCUT2D eigenvalue weighted by Crippen LogP contribution is -2.32. The molecule has 0 unspecified atom stereocenters.